The van der Waals surface area contributed by atoms with Crippen LogP contribution in [0.4, 0.5) is 0 Å². The van der Waals surface area contributed by atoms with Crippen molar-refractivity contribution in [3.8, 4) is 0 Å². The van der Waals surface area contributed by atoms with E-state index in [-0.39, 0.29) is 0 Å². The maximum atomic E-state index is 9.29. The summed E-state index contributed by atoms with van der Waals surface area (Å²) in [5.74, 6) is 2.28. The fourth-order valence-corrected chi connectivity index (χ4v) is 2.25. The zero-order chi connectivity index (χ0) is 10.8. The van der Waals surface area contributed by atoms with Crippen LogP contribution in [0.1, 0.15) is 63.3 Å². The Labute approximate surface area is 89.7 Å². The minimum atomic E-state index is -0.660. The van der Waals surface area contributed by atoms with Gasteiger partial charge < -0.3 is 9.63 Å². The molecular weight excluding hydrogens is 192 g/mol. The quantitative estimate of drug-likeness (QED) is 0.814. The lowest BCUT2D eigenvalue weighted by Gasteiger charge is -2.23. The van der Waals surface area contributed by atoms with E-state index in [0.717, 1.165) is 24.6 Å². The zero-order valence-corrected chi connectivity index (χ0v) is 9.31. The molecule has 0 aromatic carbocycles. The van der Waals surface area contributed by atoms with Gasteiger partial charge in [-0.2, -0.15) is 4.98 Å². The van der Waals surface area contributed by atoms with Crippen LogP contribution in [0.25, 0.3) is 0 Å². The summed E-state index contributed by atoms with van der Waals surface area (Å²) >= 11 is 0. The second kappa shape index (κ2) is 4.31. The third-order valence-corrected chi connectivity index (χ3v) is 3.12. The minimum Gasteiger partial charge on any atom is -0.384 e. The largest absolute Gasteiger partial charge is 0.384 e. The highest BCUT2D eigenvalue weighted by Crippen LogP contribution is 2.34. The van der Waals surface area contributed by atoms with Gasteiger partial charge in [0.25, 0.3) is 5.89 Å². The zero-order valence-electron chi connectivity index (χ0n) is 9.31. The average molecular weight is 210 g/mol. The van der Waals surface area contributed by atoms with E-state index in [2.05, 4.69) is 17.1 Å². The molecule has 15 heavy (non-hydrogen) atoms. The Morgan fingerprint density at radius 2 is 2.27 bits per heavy atom. The highest BCUT2D eigenvalue weighted by Gasteiger charge is 2.25. The van der Waals surface area contributed by atoms with Crippen molar-refractivity contribution in [1.82, 2.24) is 10.1 Å². The lowest BCUT2D eigenvalue weighted by Crippen LogP contribution is -2.12. The van der Waals surface area contributed by atoms with Crippen molar-refractivity contribution in [1.29, 1.82) is 0 Å². The summed E-state index contributed by atoms with van der Waals surface area (Å²) in [5.41, 5.74) is 0. The number of nitrogens with zero attached hydrogens (tertiary/aromatic N) is 2. The molecule has 1 aliphatic carbocycles. The van der Waals surface area contributed by atoms with Crippen LogP contribution in [0.15, 0.2) is 4.52 Å². The van der Waals surface area contributed by atoms with Gasteiger partial charge in [-0.1, -0.05) is 24.9 Å². The molecule has 84 valence electrons. The van der Waals surface area contributed by atoms with E-state index in [9.17, 15) is 5.11 Å². The summed E-state index contributed by atoms with van der Waals surface area (Å²) in [7, 11) is 0. The van der Waals surface area contributed by atoms with Crippen LogP contribution in [-0.4, -0.2) is 15.2 Å². The van der Waals surface area contributed by atoms with Crippen LogP contribution >= 0.6 is 0 Å². The van der Waals surface area contributed by atoms with Crippen molar-refractivity contribution in [2.45, 2.75) is 51.6 Å². The fraction of sp³-hybridized carbons (Fsp3) is 0.818. The minimum absolute atomic E-state index is 0.336. The monoisotopic (exact) mass is 210 g/mol. The third-order valence-electron chi connectivity index (χ3n) is 3.12. The molecule has 1 aromatic heterocycles. The Bertz CT molecular complexity index is 322. The molecule has 2 unspecified atom stereocenters. The van der Waals surface area contributed by atoms with E-state index >= 15 is 0 Å². The molecular formula is C11H18N2O2. The van der Waals surface area contributed by atoms with Crippen LogP contribution in [-0.2, 0) is 0 Å². The number of aliphatic hydroxyl groups excluding tert-OH is 1. The van der Waals surface area contributed by atoms with Gasteiger partial charge in [0.05, 0.1) is 0 Å². The van der Waals surface area contributed by atoms with Gasteiger partial charge in [0.2, 0.25) is 0 Å². The van der Waals surface area contributed by atoms with Crippen LogP contribution in [0.3, 0.4) is 0 Å². The average Bonchev–Trinajstić information content (AvgIpc) is 2.66. The van der Waals surface area contributed by atoms with Crippen LogP contribution < -0.4 is 0 Å². The van der Waals surface area contributed by atoms with E-state index in [1.807, 2.05) is 0 Å². The molecule has 4 heteroatoms. The Morgan fingerprint density at radius 1 is 1.47 bits per heavy atom. The van der Waals surface area contributed by atoms with Crippen molar-refractivity contribution >= 4 is 0 Å². The number of rotatable bonds is 2. The SMILES string of the molecule is CC1CCCC(c2noc([C@H](C)O)n2)C1. The van der Waals surface area contributed by atoms with Crippen LogP contribution in [0.5, 0.6) is 0 Å². The first-order chi connectivity index (χ1) is 7.16. The molecule has 1 N–H and O–H groups in total. The van der Waals surface area contributed by atoms with E-state index in [4.69, 9.17) is 4.52 Å². The molecule has 1 fully saturated rings. The van der Waals surface area contributed by atoms with E-state index in [1.54, 1.807) is 6.92 Å². The molecule has 1 saturated carbocycles. The summed E-state index contributed by atoms with van der Waals surface area (Å²) < 4.78 is 5.00. The number of hydrogen-bond acceptors (Lipinski definition) is 4. The van der Waals surface area contributed by atoms with Crippen molar-refractivity contribution in [2.24, 2.45) is 5.92 Å². The maximum Gasteiger partial charge on any atom is 0.255 e. The van der Waals surface area contributed by atoms with Gasteiger partial charge in [0.1, 0.15) is 6.10 Å². The molecule has 1 aromatic rings. The molecule has 3 atom stereocenters. The summed E-state index contributed by atoms with van der Waals surface area (Å²) in [6.45, 7) is 3.91. The molecule has 0 spiro atoms. The summed E-state index contributed by atoms with van der Waals surface area (Å²) in [6.07, 6.45) is 4.16. The van der Waals surface area contributed by atoms with Gasteiger partial charge in [-0.25, -0.2) is 0 Å². The van der Waals surface area contributed by atoms with Crippen molar-refractivity contribution in [2.75, 3.05) is 0 Å². The highest BCUT2D eigenvalue weighted by molar-refractivity contribution is 4.98. The van der Waals surface area contributed by atoms with Crippen LogP contribution in [0, 0.1) is 5.92 Å². The van der Waals surface area contributed by atoms with Gasteiger partial charge in [-0.05, 0) is 25.7 Å². The molecule has 2 rings (SSSR count). The second-order valence-corrected chi connectivity index (χ2v) is 4.64. The number of aromatic nitrogens is 2. The Morgan fingerprint density at radius 3 is 2.87 bits per heavy atom. The first-order valence-electron chi connectivity index (χ1n) is 5.68. The predicted molar refractivity (Wildman–Crippen MR) is 55.3 cm³/mol. The highest BCUT2D eigenvalue weighted by atomic mass is 16.5. The summed E-state index contributed by atoms with van der Waals surface area (Å²) in [5, 5.41) is 13.2. The Hall–Kier alpha value is -0.900. The molecule has 0 saturated heterocycles. The van der Waals surface area contributed by atoms with E-state index in [1.165, 1.54) is 12.8 Å². The fourth-order valence-electron chi connectivity index (χ4n) is 2.25. The molecule has 1 heterocycles. The maximum absolute atomic E-state index is 9.29. The molecule has 0 aliphatic heterocycles. The first kappa shape index (κ1) is 10.6. The molecule has 0 bridgehead atoms. The van der Waals surface area contributed by atoms with Gasteiger partial charge >= 0.3 is 0 Å². The first-order valence-corrected chi connectivity index (χ1v) is 5.68. The third kappa shape index (κ3) is 2.37. The van der Waals surface area contributed by atoms with Crippen molar-refractivity contribution in [3.63, 3.8) is 0 Å². The standard InChI is InChI=1S/C11H18N2O2/c1-7-4-3-5-9(6-7)10-12-11(8(2)14)15-13-10/h7-9,14H,3-6H2,1-2H3/t7?,8-,9?/m0/s1. The normalized spacial score (nSPS) is 29.0. The molecule has 1 aliphatic rings. The number of aliphatic hydroxyl groups is 1. The molecule has 0 radical (unpaired) electrons. The number of hydrogen-bond donors (Lipinski definition) is 1. The Balaban J connectivity index is 2.08. The lowest BCUT2D eigenvalue weighted by molar-refractivity contribution is 0.151. The van der Waals surface area contributed by atoms with Crippen molar-refractivity contribution < 1.29 is 9.63 Å². The summed E-state index contributed by atoms with van der Waals surface area (Å²) in [4.78, 5) is 4.24. The predicted octanol–water partition coefficient (Wildman–Crippen LogP) is 2.42. The second-order valence-electron chi connectivity index (χ2n) is 4.64. The molecule has 4 nitrogen and oxygen atoms in total. The van der Waals surface area contributed by atoms with Gasteiger partial charge in [0.15, 0.2) is 5.82 Å². The topological polar surface area (TPSA) is 59.2 Å². The van der Waals surface area contributed by atoms with Crippen LogP contribution in [0.2, 0.25) is 0 Å². The lowest BCUT2D eigenvalue weighted by atomic mass is 9.82. The van der Waals surface area contributed by atoms with E-state index in [0.29, 0.717) is 11.8 Å². The van der Waals surface area contributed by atoms with Crippen molar-refractivity contribution in [3.05, 3.63) is 11.7 Å². The summed E-state index contributed by atoms with van der Waals surface area (Å²) in [6, 6.07) is 0. The van der Waals surface area contributed by atoms with Gasteiger partial charge in [0, 0.05) is 5.92 Å². The smallest absolute Gasteiger partial charge is 0.255 e. The van der Waals surface area contributed by atoms with Gasteiger partial charge in [-0.15, -0.1) is 0 Å². The Kier molecular flexibility index (Phi) is 3.05. The molecule has 0 amide bonds. The van der Waals surface area contributed by atoms with E-state index < -0.39 is 6.10 Å². The van der Waals surface area contributed by atoms with Gasteiger partial charge in [-0.3, -0.25) is 0 Å².